The van der Waals surface area contributed by atoms with Crippen LogP contribution in [-0.4, -0.2) is 58.2 Å². The predicted octanol–water partition coefficient (Wildman–Crippen LogP) is 3.43. The van der Waals surface area contributed by atoms with Gasteiger partial charge < -0.3 is 4.90 Å². The predicted molar refractivity (Wildman–Crippen MR) is 102 cm³/mol. The highest BCUT2D eigenvalue weighted by Gasteiger charge is 2.70. The van der Waals surface area contributed by atoms with Gasteiger partial charge in [-0.05, 0) is 49.8 Å². The van der Waals surface area contributed by atoms with Crippen molar-refractivity contribution in [1.29, 1.82) is 0 Å². The minimum absolute atomic E-state index is 0.109. The minimum Gasteiger partial charge on any atom is -0.369 e. The lowest BCUT2D eigenvalue weighted by Crippen LogP contribution is -2.48. The number of benzene rings is 1. The number of hydrogen-bond acceptors (Lipinski definition) is 4. The molecule has 0 amide bonds. The van der Waals surface area contributed by atoms with Crippen molar-refractivity contribution in [2.75, 3.05) is 43.9 Å². The lowest BCUT2D eigenvalue weighted by atomic mass is 9.79. The summed E-state index contributed by atoms with van der Waals surface area (Å²) in [6.45, 7) is 4.59. The van der Waals surface area contributed by atoms with Gasteiger partial charge in [-0.2, -0.15) is 0 Å². The highest BCUT2D eigenvalue weighted by Crippen LogP contribution is 2.67. The zero-order chi connectivity index (χ0) is 19.3. The van der Waals surface area contributed by atoms with E-state index in [0.717, 1.165) is 51.3 Å². The van der Waals surface area contributed by atoms with Crippen LogP contribution in [0.2, 0.25) is 0 Å². The summed E-state index contributed by atoms with van der Waals surface area (Å²) < 4.78 is 50.5. The molecule has 1 heterocycles. The molecule has 1 aliphatic heterocycles. The highest BCUT2D eigenvalue weighted by molar-refractivity contribution is 7.90. The quantitative estimate of drug-likeness (QED) is 0.779. The van der Waals surface area contributed by atoms with Crippen LogP contribution in [0.1, 0.15) is 32.1 Å². The fourth-order valence-corrected chi connectivity index (χ4v) is 5.46. The molecule has 1 saturated heterocycles. The first-order chi connectivity index (χ1) is 12.7. The van der Waals surface area contributed by atoms with E-state index in [1.54, 1.807) is 18.2 Å². The first kappa shape index (κ1) is 19.1. The maximum atomic E-state index is 13.5. The summed E-state index contributed by atoms with van der Waals surface area (Å²) in [6.07, 6.45) is 4.55. The standard InChI is InChI=1S/C20H28F2N2O2S/c1-27(25,26)18-4-2-3-17(13-18)24-11-9-23(10-12-24)14-16-5-7-19(8-6-16)15-20(19,21)22/h2-4,13,16H,5-12,14-15H2,1H3. The number of rotatable bonds is 4. The summed E-state index contributed by atoms with van der Waals surface area (Å²) in [5, 5.41) is 0. The second-order valence-electron chi connectivity index (χ2n) is 8.66. The van der Waals surface area contributed by atoms with Gasteiger partial charge in [0.05, 0.1) is 4.90 Å². The fraction of sp³-hybridized carbons (Fsp3) is 0.700. The van der Waals surface area contributed by atoms with E-state index in [1.807, 2.05) is 6.07 Å². The highest BCUT2D eigenvalue weighted by atomic mass is 32.2. The summed E-state index contributed by atoms with van der Waals surface area (Å²) >= 11 is 0. The van der Waals surface area contributed by atoms with E-state index in [-0.39, 0.29) is 6.42 Å². The van der Waals surface area contributed by atoms with Crippen molar-refractivity contribution in [1.82, 2.24) is 4.90 Å². The van der Waals surface area contributed by atoms with E-state index in [4.69, 9.17) is 0 Å². The molecule has 0 unspecified atom stereocenters. The van der Waals surface area contributed by atoms with Crippen molar-refractivity contribution in [2.45, 2.75) is 42.9 Å². The molecule has 0 atom stereocenters. The molecule has 0 aromatic heterocycles. The molecule has 2 saturated carbocycles. The first-order valence-corrected chi connectivity index (χ1v) is 11.7. The summed E-state index contributed by atoms with van der Waals surface area (Å²) in [5.74, 6) is -1.86. The van der Waals surface area contributed by atoms with Gasteiger partial charge in [0.1, 0.15) is 0 Å². The van der Waals surface area contributed by atoms with Crippen LogP contribution >= 0.6 is 0 Å². The molecule has 0 N–H and O–H groups in total. The largest absolute Gasteiger partial charge is 0.369 e. The number of hydrogen-bond donors (Lipinski definition) is 0. The van der Waals surface area contributed by atoms with E-state index in [1.165, 1.54) is 6.26 Å². The molecule has 1 aromatic carbocycles. The summed E-state index contributed by atoms with van der Waals surface area (Å²) in [5.41, 5.74) is 0.306. The molecule has 0 bridgehead atoms. The topological polar surface area (TPSA) is 40.6 Å². The first-order valence-electron chi connectivity index (χ1n) is 9.84. The third-order valence-electron chi connectivity index (χ3n) is 6.77. The van der Waals surface area contributed by atoms with Crippen molar-refractivity contribution < 1.29 is 17.2 Å². The third-order valence-corrected chi connectivity index (χ3v) is 7.88. The van der Waals surface area contributed by atoms with E-state index in [2.05, 4.69) is 9.80 Å². The van der Waals surface area contributed by atoms with Crippen LogP contribution in [0, 0.1) is 11.3 Å². The zero-order valence-corrected chi connectivity index (χ0v) is 16.6. The molecule has 27 heavy (non-hydrogen) atoms. The van der Waals surface area contributed by atoms with Crippen LogP contribution in [0.4, 0.5) is 14.5 Å². The van der Waals surface area contributed by atoms with E-state index >= 15 is 0 Å². The zero-order valence-electron chi connectivity index (χ0n) is 15.8. The van der Waals surface area contributed by atoms with Gasteiger partial charge in [0.25, 0.3) is 5.92 Å². The van der Waals surface area contributed by atoms with Crippen molar-refractivity contribution in [2.24, 2.45) is 11.3 Å². The Morgan fingerprint density at radius 3 is 2.30 bits per heavy atom. The van der Waals surface area contributed by atoms with Crippen molar-refractivity contribution in [3.63, 3.8) is 0 Å². The molecule has 1 aromatic rings. The maximum Gasteiger partial charge on any atom is 0.254 e. The molecular formula is C20H28F2N2O2S. The molecule has 1 spiro atoms. The van der Waals surface area contributed by atoms with Crippen molar-refractivity contribution in [3.05, 3.63) is 24.3 Å². The second-order valence-corrected chi connectivity index (χ2v) is 10.7. The number of alkyl halides is 2. The molecule has 4 rings (SSSR count). The number of anilines is 1. The average Bonchev–Trinajstić information content (AvgIpc) is 3.17. The molecular weight excluding hydrogens is 370 g/mol. The smallest absolute Gasteiger partial charge is 0.254 e. The Morgan fingerprint density at radius 1 is 1.11 bits per heavy atom. The second kappa shape index (κ2) is 6.69. The Labute approximate surface area is 160 Å². The third kappa shape index (κ3) is 3.86. The molecule has 0 radical (unpaired) electrons. The molecule has 7 heteroatoms. The van der Waals surface area contributed by atoms with Gasteiger partial charge in [-0.15, -0.1) is 0 Å². The monoisotopic (exact) mass is 398 g/mol. The van der Waals surface area contributed by atoms with E-state index in [9.17, 15) is 17.2 Å². The van der Waals surface area contributed by atoms with E-state index < -0.39 is 21.2 Å². The number of halogens is 2. The van der Waals surface area contributed by atoms with Crippen molar-refractivity contribution >= 4 is 15.5 Å². The Morgan fingerprint density at radius 2 is 1.74 bits per heavy atom. The molecule has 4 nitrogen and oxygen atoms in total. The van der Waals surface area contributed by atoms with Gasteiger partial charge in [0.15, 0.2) is 9.84 Å². The van der Waals surface area contributed by atoms with Gasteiger partial charge in [-0.3, -0.25) is 4.90 Å². The minimum atomic E-state index is -3.20. The van der Waals surface area contributed by atoms with Gasteiger partial charge in [0.2, 0.25) is 0 Å². The van der Waals surface area contributed by atoms with Gasteiger partial charge >= 0.3 is 0 Å². The van der Waals surface area contributed by atoms with Gasteiger partial charge in [-0.1, -0.05) is 6.07 Å². The van der Waals surface area contributed by atoms with Crippen LogP contribution in [0.5, 0.6) is 0 Å². The lowest BCUT2D eigenvalue weighted by Gasteiger charge is -2.39. The lowest BCUT2D eigenvalue weighted by molar-refractivity contribution is 0.0366. The van der Waals surface area contributed by atoms with Crippen LogP contribution in [0.15, 0.2) is 29.2 Å². The van der Waals surface area contributed by atoms with Crippen LogP contribution < -0.4 is 4.90 Å². The SMILES string of the molecule is CS(=O)(=O)c1cccc(N2CCN(CC3CCC4(CC3)CC4(F)F)CC2)c1. The van der Waals surface area contributed by atoms with Crippen LogP contribution in [0.25, 0.3) is 0 Å². The normalized spacial score (nSPS) is 31.2. The summed E-state index contributed by atoms with van der Waals surface area (Å²) in [4.78, 5) is 5.02. The van der Waals surface area contributed by atoms with Crippen LogP contribution in [0.3, 0.4) is 0 Å². The molecule has 150 valence electrons. The average molecular weight is 399 g/mol. The summed E-state index contributed by atoms with van der Waals surface area (Å²) in [6, 6.07) is 7.14. The number of piperazine rings is 1. The Balaban J connectivity index is 1.28. The summed E-state index contributed by atoms with van der Waals surface area (Å²) in [7, 11) is -3.20. The van der Waals surface area contributed by atoms with Crippen molar-refractivity contribution in [3.8, 4) is 0 Å². The van der Waals surface area contributed by atoms with Crippen LogP contribution in [-0.2, 0) is 9.84 Å². The molecule has 3 fully saturated rings. The Kier molecular flexibility index (Phi) is 4.74. The maximum absolute atomic E-state index is 13.5. The molecule has 2 aliphatic carbocycles. The van der Waals surface area contributed by atoms with Gasteiger partial charge in [0, 0.05) is 56.5 Å². The fourth-order valence-electron chi connectivity index (χ4n) is 4.80. The Bertz CT molecular complexity index is 796. The Hall–Kier alpha value is -1.21. The molecule has 3 aliphatic rings. The van der Waals surface area contributed by atoms with Gasteiger partial charge in [-0.25, -0.2) is 17.2 Å². The number of sulfone groups is 1. The van der Waals surface area contributed by atoms with E-state index in [0.29, 0.717) is 23.7 Å². The number of nitrogens with zero attached hydrogens (tertiary/aromatic N) is 2.